The van der Waals surface area contributed by atoms with E-state index in [9.17, 15) is 0 Å². The fourth-order valence-corrected chi connectivity index (χ4v) is 4.24. The highest BCUT2D eigenvalue weighted by Crippen LogP contribution is 2.40. The van der Waals surface area contributed by atoms with Crippen LogP contribution in [0.2, 0.25) is 0 Å². The van der Waals surface area contributed by atoms with Crippen LogP contribution in [0.3, 0.4) is 0 Å². The van der Waals surface area contributed by atoms with Gasteiger partial charge in [0.15, 0.2) is 0 Å². The summed E-state index contributed by atoms with van der Waals surface area (Å²) in [5, 5.41) is 4.16. The van der Waals surface area contributed by atoms with Crippen LogP contribution in [0.15, 0.2) is 18.2 Å². The van der Waals surface area contributed by atoms with Gasteiger partial charge in [0.05, 0.1) is 7.11 Å². The molecule has 0 radical (unpaired) electrons. The Balaban J connectivity index is 2.01. The summed E-state index contributed by atoms with van der Waals surface area (Å²) >= 11 is 2.12. The summed E-state index contributed by atoms with van der Waals surface area (Å²) in [6.45, 7) is 2.26. The lowest BCUT2D eigenvalue weighted by atomic mass is 10.1. The highest BCUT2D eigenvalue weighted by molar-refractivity contribution is 7.99. The number of methoxy groups -OCH3 is 1. The molecule has 2 rings (SSSR count). The summed E-state index contributed by atoms with van der Waals surface area (Å²) in [4.78, 5) is 0. The fraction of sp³-hybridized carbons (Fsp3) is 0.625. The minimum Gasteiger partial charge on any atom is -0.497 e. The summed E-state index contributed by atoms with van der Waals surface area (Å²) in [7, 11) is 3.81. The van der Waals surface area contributed by atoms with Crippen LogP contribution in [0, 0.1) is 0 Å². The lowest BCUT2D eigenvalue weighted by Gasteiger charge is -2.19. The molecule has 0 aliphatic heterocycles. The Kier molecular flexibility index (Phi) is 5.59. The third-order valence-electron chi connectivity index (χ3n) is 3.87. The number of hydrogen-bond donors (Lipinski definition) is 1. The van der Waals surface area contributed by atoms with Crippen LogP contribution in [-0.2, 0) is 6.42 Å². The van der Waals surface area contributed by atoms with Crippen molar-refractivity contribution in [1.82, 2.24) is 5.32 Å². The zero-order chi connectivity index (χ0) is 13.7. The maximum Gasteiger partial charge on any atom is 0.119 e. The topological polar surface area (TPSA) is 21.3 Å². The second kappa shape index (κ2) is 7.20. The molecular formula is C16H25NOS. The Morgan fingerprint density at radius 3 is 2.89 bits per heavy atom. The van der Waals surface area contributed by atoms with Gasteiger partial charge < -0.3 is 10.1 Å². The van der Waals surface area contributed by atoms with Gasteiger partial charge in [-0.2, -0.15) is 11.8 Å². The van der Waals surface area contributed by atoms with Crippen LogP contribution in [0.4, 0.5) is 0 Å². The second-order valence-electron chi connectivity index (χ2n) is 5.15. The first kappa shape index (κ1) is 14.7. The molecule has 0 aromatic heterocycles. The van der Waals surface area contributed by atoms with Gasteiger partial charge in [0.1, 0.15) is 5.75 Å². The van der Waals surface area contributed by atoms with Crippen LogP contribution >= 0.6 is 11.8 Å². The van der Waals surface area contributed by atoms with Gasteiger partial charge in [-0.1, -0.05) is 25.8 Å². The average molecular weight is 279 g/mol. The van der Waals surface area contributed by atoms with Gasteiger partial charge in [-0.3, -0.25) is 0 Å². The van der Waals surface area contributed by atoms with Crippen molar-refractivity contribution in [2.24, 2.45) is 0 Å². The molecular weight excluding hydrogens is 254 g/mol. The second-order valence-corrected chi connectivity index (χ2v) is 6.50. The molecule has 0 heterocycles. The summed E-state index contributed by atoms with van der Waals surface area (Å²) in [5.74, 6) is 2.25. The number of ether oxygens (including phenoxy) is 1. The molecule has 1 N–H and O–H groups in total. The van der Waals surface area contributed by atoms with E-state index in [0.717, 1.165) is 5.75 Å². The van der Waals surface area contributed by atoms with Gasteiger partial charge in [0.2, 0.25) is 0 Å². The summed E-state index contributed by atoms with van der Waals surface area (Å²) < 4.78 is 5.35. The van der Waals surface area contributed by atoms with E-state index in [4.69, 9.17) is 4.74 Å². The third kappa shape index (κ3) is 3.46. The minimum absolute atomic E-state index is 0.469. The molecule has 0 amide bonds. The zero-order valence-electron chi connectivity index (χ0n) is 12.2. The van der Waals surface area contributed by atoms with Gasteiger partial charge in [-0.05, 0) is 48.9 Å². The van der Waals surface area contributed by atoms with E-state index >= 15 is 0 Å². The molecule has 106 valence electrons. The van der Waals surface area contributed by atoms with E-state index < -0.39 is 0 Å². The lowest BCUT2D eigenvalue weighted by molar-refractivity contribution is 0.413. The SMILES string of the molecule is CCCCCSC1Cc2ccc(OC)cc2C1NC. The number of nitrogens with one attached hydrogen (secondary N) is 1. The predicted octanol–water partition coefficient (Wildman–Crippen LogP) is 3.80. The van der Waals surface area contributed by atoms with Crippen molar-refractivity contribution < 1.29 is 4.74 Å². The minimum atomic E-state index is 0.469. The molecule has 2 unspecified atom stereocenters. The van der Waals surface area contributed by atoms with Gasteiger partial charge in [0.25, 0.3) is 0 Å². The summed E-state index contributed by atoms with van der Waals surface area (Å²) in [5.41, 5.74) is 2.91. The van der Waals surface area contributed by atoms with E-state index in [1.807, 2.05) is 0 Å². The van der Waals surface area contributed by atoms with Gasteiger partial charge >= 0.3 is 0 Å². The van der Waals surface area contributed by atoms with Crippen molar-refractivity contribution in [3.8, 4) is 5.75 Å². The van der Waals surface area contributed by atoms with E-state index in [-0.39, 0.29) is 0 Å². The Hall–Kier alpha value is -0.670. The van der Waals surface area contributed by atoms with Crippen molar-refractivity contribution in [1.29, 1.82) is 0 Å². The van der Waals surface area contributed by atoms with Crippen LogP contribution < -0.4 is 10.1 Å². The molecule has 0 spiro atoms. The number of unbranched alkanes of at least 4 members (excludes halogenated alkanes) is 2. The molecule has 1 aromatic rings. The van der Waals surface area contributed by atoms with E-state index in [1.54, 1.807) is 7.11 Å². The van der Waals surface area contributed by atoms with Crippen molar-refractivity contribution in [2.75, 3.05) is 19.9 Å². The third-order valence-corrected chi connectivity index (χ3v) is 5.26. The number of rotatable bonds is 7. The molecule has 19 heavy (non-hydrogen) atoms. The first-order chi connectivity index (χ1) is 9.30. The molecule has 2 nitrogen and oxygen atoms in total. The molecule has 1 aromatic carbocycles. The van der Waals surface area contributed by atoms with E-state index in [0.29, 0.717) is 11.3 Å². The van der Waals surface area contributed by atoms with E-state index in [1.165, 1.54) is 42.6 Å². The molecule has 3 heteroatoms. The highest BCUT2D eigenvalue weighted by atomic mass is 32.2. The largest absolute Gasteiger partial charge is 0.497 e. The maximum absolute atomic E-state index is 5.35. The van der Waals surface area contributed by atoms with Crippen LogP contribution in [0.5, 0.6) is 5.75 Å². The van der Waals surface area contributed by atoms with Crippen molar-refractivity contribution in [3.63, 3.8) is 0 Å². The highest BCUT2D eigenvalue weighted by Gasteiger charge is 2.31. The van der Waals surface area contributed by atoms with Gasteiger partial charge in [-0.15, -0.1) is 0 Å². The Morgan fingerprint density at radius 2 is 2.21 bits per heavy atom. The average Bonchev–Trinajstić information content (AvgIpc) is 2.79. The van der Waals surface area contributed by atoms with Crippen LogP contribution in [0.25, 0.3) is 0 Å². The number of thioether (sulfide) groups is 1. The first-order valence-electron chi connectivity index (χ1n) is 7.25. The molecule has 0 saturated heterocycles. The van der Waals surface area contributed by atoms with Crippen molar-refractivity contribution >= 4 is 11.8 Å². The Bertz CT molecular complexity index is 408. The number of hydrogen-bond acceptors (Lipinski definition) is 3. The summed E-state index contributed by atoms with van der Waals surface area (Å²) in [6, 6.07) is 6.97. The van der Waals surface area contributed by atoms with Crippen LogP contribution in [-0.4, -0.2) is 25.2 Å². The van der Waals surface area contributed by atoms with Crippen molar-refractivity contribution in [3.05, 3.63) is 29.3 Å². The molecule has 2 atom stereocenters. The van der Waals surface area contributed by atoms with Gasteiger partial charge in [-0.25, -0.2) is 0 Å². The van der Waals surface area contributed by atoms with Crippen molar-refractivity contribution in [2.45, 2.75) is 43.9 Å². The number of fused-ring (bicyclic) bond motifs is 1. The van der Waals surface area contributed by atoms with Crippen LogP contribution in [0.1, 0.15) is 43.4 Å². The molecule has 0 saturated carbocycles. The normalized spacial score (nSPS) is 21.4. The zero-order valence-corrected chi connectivity index (χ0v) is 13.1. The smallest absolute Gasteiger partial charge is 0.119 e. The maximum atomic E-state index is 5.35. The predicted molar refractivity (Wildman–Crippen MR) is 84.3 cm³/mol. The van der Waals surface area contributed by atoms with E-state index in [2.05, 4.69) is 49.2 Å². The number of benzene rings is 1. The molecule has 0 fully saturated rings. The summed E-state index contributed by atoms with van der Waals surface area (Å²) in [6.07, 6.45) is 5.18. The quantitative estimate of drug-likeness (QED) is 0.767. The fourth-order valence-electron chi connectivity index (χ4n) is 2.79. The lowest BCUT2D eigenvalue weighted by Crippen LogP contribution is -2.23. The molecule has 1 aliphatic rings. The standard InChI is InChI=1S/C16H25NOS/c1-4-5-6-9-19-15-10-12-7-8-13(18-3)11-14(12)16(15)17-2/h7-8,11,15-17H,4-6,9-10H2,1-3H3. The monoisotopic (exact) mass is 279 g/mol. The molecule has 1 aliphatic carbocycles. The first-order valence-corrected chi connectivity index (χ1v) is 8.30. The Labute approximate surface area is 121 Å². The van der Waals surface area contributed by atoms with Gasteiger partial charge in [0, 0.05) is 11.3 Å². The molecule has 0 bridgehead atoms. The Morgan fingerprint density at radius 1 is 1.37 bits per heavy atom.